The van der Waals surface area contributed by atoms with Gasteiger partial charge in [-0.3, -0.25) is 10.2 Å². The number of ether oxygens (including phenoxy) is 1. The lowest BCUT2D eigenvalue weighted by atomic mass is 10.1. The minimum Gasteiger partial charge on any atom is -0.462 e. The second-order valence-corrected chi connectivity index (χ2v) is 2.98. The topological polar surface area (TPSA) is 74.9 Å². The van der Waals surface area contributed by atoms with Crippen LogP contribution in [-0.4, -0.2) is 22.8 Å². The number of hydrogen-bond acceptors (Lipinski definition) is 3. The molecule has 5 heteroatoms. The van der Waals surface area contributed by atoms with Gasteiger partial charge in [-0.15, -0.1) is 5.10 Å². The van der Waals surface area contributed by atoms with Crippen LogP contribution in [0.25, 0.3) is 10.9 Å². The van der Waals surface area contributed by atoms with Gasteiger partial charge in [0.05, 0.1) is 23.1 Å². The second-order valence-electron chi connectivity index (χ2n) is 2.98. The molecule has 0 saturated heterocycles. The first-order valence-electron chi connectivity index (χ1n) is 4.55. The van der Waals surface area contributed by atoms with E-state index in [4.69, 9.17) is 4.74 Å². The zero-order valence-corrected chi connectivity index (χ0v) is 8.11. The zero-order valence-electron chi connectivity index (χ0n) is 8.11. The highest BCUT2D eigenvalue weighted by atomic mass is 16.5. The third-order valence-electron chi connectivity index (χ3n) is 2.05. The van der Waals surface area contributed by atoms with Crippen molar-refractivity contribution < 1.29 is 14.6 Å². The van der Waals surface area contributed by atoms with E-state index < -0.39 is 11.8 Å². The monoisotopic (exact) mass is 205 g/mol. The van der Waals surface area contributed by atoms with Gasteiger partial charge in [0.25, 0.3) is 5.88 Å². The van der Waals surface area contributed by atoms with Gasteiger partial charge in [0.15, 0.2) is 0 Å². The molecular formula is C10H9N2O3. The van der Waals surface area contributed by atoms with Gasteiger partial charge in [-0.25, -0.2) is 4.79 Å². The number of carbonyl (C=O) groups excluding carboxylic acids is 1. The van der Waals surface area contributed by atoms with Crippen LogP contribution in [0.4, 0.5) is 0 Å². The van der Waals surface area contributed by atoms with Crippen LogP contribution in [0.15, 0.2) is 18.2 Å². The molecule has 5 nitrogen and oxygen atoms in total. The number of H-pyrrole nitrogens is 1. The highest BCUT2D eigenvalue weighted by Gasteiger charge is 2.16. The molecule has 0 aliphatic rings. The maximum atomic E-state index is 11.5. The van der Waals surface area contributed by atoms with E-state index in [1.54, 1.807) is 25.1 Å². The van der Waals surface area contributed by atoms with Crippen molar-refractivity contribution in [3.63, 3.8) is 0 Å². The Morgan fingerprint density at radius 3 is 3.07 bits per heavy atom. The summed E-state index contributed by atoms with van der Waals surface area (Å²) in [5.74, 6) is -0.935. The van der Waals surface area contributed by atoms with Crippen molar-refractivity contribution in [3.8, 4) is 5.88 Å². The largest absolute Gasteiger partial charge is 0.462 e. The summed E-state index contributed by atoms with van der Waals surface area (Å²) < 4.78 is 4.84. The molecule has 0 amide bonds. The van der Waals surface area contributed by atoms with Crippen LogP contribution >= 0.6 is 0 Å². The van der Waals surface area contributed by atoms with E-state index in [1.165, 1.54) is 0 Å². The Morgan fingerprint density at radius 2 is 2.33 bits per heavy atom. The SMILES string of the molecule is CCOC(=O)c1cccc2[nH]nc([O])c12. The van der Waals surface area contributed by atoms with Gasteiger partial charge in [-0.2, -0.15) is 0 Å². The molecule has 0 aliphatic heterocycles. The smallest absolute Gasteiger partial charge is 0.339 e. The van der Waals surface area contributed by atoms with Gasteiger partial charge in [0, 0.05) is 0 Å². The van der Waals surface area contributed by atoms with E-state index in [9.17, 15) is 9.90 Å². The van der Waals surface area contributed by atoms with Gasteiger partial charge in [0.2, 0.25) is 0 Å². The lowest BCUT2D eigenvalue weighted by Gasteiger charge is -2.01. The van der Waals surface area contributed by atoms with Gasteiger partial charge in [0.1, 0.15) is 0 Å². The average molecular weight is 205 g/mol. The predicted octanol–water partition coefficient (Wildman–Crippen LogP) is 1.88. The van der Waals surface area contributed by atoms with Gasteiger partial charge >= 0.3 is 5.97 Å². The molecule has 0 saturated carbocycles. The molecule has 15 heavy (non-hydrogen) atoms. The second kappa shape index (κ2) is 3.61. The van der Waals surface area contributed by atoms with Gasteiger partial charge in [-0.1, -0.05) is 6.07 Å². The molecule has 1 radical (unpaired) electrons. The molecule has 2 rings (SSSR count). The zero-order chi connectivity index (χ0) is 10.8. The highest BCUT2D eigenvalue weighted by molar-refractivity contribution is 6.05. The fraction of sp³-hybridized carbons (Fsp3) is 0.200. The summed E-state index contributed by atoms with van der Waals surface area (Å²) >= 11 is 0. The van der Waals surface area contributed by atoms with Crippen LogP contribution < -0.4 is 0 Å². The number of benzene rings is 1. The first kappa shape index (κ1) is 9.51. The minimum absolute atomic E-state index is 0.258. The number of aromatic amines is 1. The third kappa shape index (κ3) is 1.52. The van der Waals surface area contributed by atoms with Crippen molar-refractivity contribution in [1.29, 1.82) is 0 Å². The summed E-state index contributed by atoms with van der Waals surface area (Å²) in [6.07, 6.45) is 0. The summed E-state index contributed by atoms with van der Waals surface area (Å²) in [5.41, 5.74) is 0.804. The Kier molecular flexibility index (Phi) is 2.29. The normalized spacial score (nSPS) is 10.5. The quantitative estimate of drug-likeness (QED) is 0.760. The van der Waals surface area contributed by atoms with Crippen LogP contribution in [0, 0.1) is 0 Å². The number of carbonyl (C=O) groups is 1. The van der Waals surface area contributed by atoms with E-state index in [0.717, 1.165) is 0 Å². The van der Waals surface area contributed by atoms with Crippen molar-refractivity contribution in [3.05, 3.63) is 23.8 Å². The first-order valence-corrected chi connectivity index (χ1v) is 4.55. The van der Waals surface area contributed by atoms with Gasteiger partial charge in [-0.05, 0) is 19.1 Å². The number of esters is 1. The number of rotatable bonds is 2. The predicted molar refractivity (Wildman–Crippen MR) is 52.2 cm³/mol. The van der Waals surface area contributed by atoms with Crippen LogP contribution in [0.5, 0.6) is 5.88 Å². The average Bonchev–Trinajstić information content (AvgIpc) is 2.61. The van der Waals surface area contributed by atoms with E-state index in [1.807, 2.05) is 0 Å². The van der Waals surface area contributed by atoms with Crippen LogP contribution in [0.1, 0.15) is 17.3 Å². The van der Waals surface area contributed by atoms with Crippen molar-refractivity contribution in [2.75, 3.05) is 6.61 Å². The van der Waals surface area contributed by atoms with Crippen LogP contribution in [0.3, 0.4) is 0 Å². The molecule has 0 unspecified atom stereocenters. The molecule has 0 fully saturated rings. The van der Waals surface area contributed by atoms with Crippen LogP contribution in [0.2, 0.25) is 0 Å². The summed E-state index contributed by atoms with van der Waals surface area (Å²) in [6, 6.07) is 4.91. The highest BCUT2D eigenvalue weighted by Crippen LogP contribution is 2.26. The minimum atomic E-state index is -0.499. The van der Waals surface area contributed by atoms with Crippen LogP contribution in [-0.2, 0) is 9.84 Å². The number of aromatic nitrogens is 2. The molecule has 0 bridgehead atoms. The van der Waals surface area contributed by atoms with E-state index >= 15 is 0 Å². The molecule has 0 aliphatic carbocycles. The fourth-order valence-corrected chi connectivity index (χ4v) is 1.42. The number of nitrogens with zero attached hydrogens (tertiary/aromatic N) is 1. The fourth-order valence-electron chi connectivity index (χ4n) is 1.42. The summed E-state index contributed by atoms with van der Waals surface area (Å²) in [6.45, 7) is 1.99. The van der Waals surface area contributed by atoms with Crippen molar-refractivity contribution in [2.24, 2.45) is 0 Å². The lowest BCUT2D eigenvalue weighted by Crippen LogP contribution is -2.04. The molecular weight excluding hydrogens is 196 g/mol. The third-order valence-corrected chi connectivity index (χ3v) is 2.05. The standard InChI is InChI=1S/C10H9N2O3/c1-2-15-10(14)6-4-3-5-7-8(6)9(13)12-11-7/h3-5H,2H2,1H3,(H,11,12). The number of nitrogens with one attached hydrogen (secondary N) is 1. The maximum absolute atomic E-state index is 11.5. The lowest BCUT2D eigenvalue weighted by molar-refractivity contribution is 0.0528. The number of fused-ring (bicyclic) bond motifs is 1. The molecule has 0 spiro atoms. The Balaban J connectivity index is 2.59. The maximum Gasteiger partial charge on any atom is 0.339 e. The van der Waals surface area contributed by atoms with E-state index in [0.29, 0.717) is 5.52 Å². The molecule has 77 valence electrons. The summed E-state index contributed by atoms with van der Waals surface area (Å²) in [5, 5.41) is 17.7. The summed E-state index contributed by atoms with van der Waals surface area (Å²) in [7, 11) is 0. The van der Waals surface area contributed by atoms with Crippen molar-refractivity contribution in [1.82, 2.24) is 10.2 Å². The van der Waals surface area contributed by atoms with Gasteiger partial charge < -0.3 is 4.74 Å². The molecule has 1 aromatic heterocycles. The number of hydrogen-bond donors (Lipinski definition) is 1. The Labute approximate surface area is 85.7 Å². The molecule has 1 heterocycles. The molecule has 0 atom stereocenters. The Morgan fingerprint density at radius 1 is 1.53 bits per heavy atom. The molecule has 1 N–H and O–H groups in total. The summed E-state index contributed by atoms with van der Waals surface area (Å²) in [4.78, 5) is 11.5. The van der Waals surface area contributed by atoms with Crippen molar-refractivity contribution >= 4 is 16.9 Å². The Hall–Kier alpha value is -2.04. The van der Waals surface area contributed by atoms with E-state index in [2.05, 4.69) is 10.2 Å². The van der Waals surface area contributed by atoms with E-state index in [-0.39, 0.29) is 17.6 Å². The first-order chi connectivity index (χ1) is 7.24. The Bertz CT molecular complexity index is 504. The molecule has 1 aromatic carbocycles. The van der Waals surface area contributed by atoms with Crippen molar-refractivity contribution in [2.45, 2.75) is 6.92 Å². The molecule has 2 aromatic rings.